The highest BCUT2D eigenvalue weighted by Crippen LogP contribution is 2.28. The quantitative estimate of drug-likeness (QED) is 0.355. The molecule has 0 amide bonds. The van der Waals surface area contributed by atoms with E-state index in [1.54, 1.807) is 10.8 Å². The molecule has 0 spiro atoms. The Hall–Kier alpha value is -3.26. The number of H-pyrrole nitrogens is 1. The standard InChI is InChI=1S/C25H30ClN7O/c1-5-6-7-10-20-22(26)33(25(2,3)4)24(34)32(20)16-17-11-13-18(14-12-17)21-19(9-8-15-27-21)23-28-30-31-29-23/h8-9,11-15H,5-7,10,16H2,1-4H3,(H,28,29,30,31). The highest BCUT2D eigenvalue weighted by atomic mass is 35.5. The minimum absolute atomic E-state index is 0.0720. The van der Waals surface area contributed by atoms with Crippen LogP contribution in [-0.4, -0.2) is 34.7 Å². The van der Waals surface area contributed by atoms with Crippen molar-refractivity contribution in [2.24, 2.45) is 0 Å². The van der Waals surface area contributed by atoms with Gasteiger partial charge in [0.1, 0.15) is 5.15 Å². The molecule has 0 aliphatic rings. The zero-order valence-electron chi connectivity index (χ0n) is 20.0. The van der Waals surface area contributed by atoms with Gasteiger partial charge in [-0.3, -0.25) is 14.1 Å². The predicted octanol–water partition coefficient (Wildman–Crippen LogP) is 5.08. The summed E-state index contributed by atoms with van der Waals surface area (Å²) in [4.78, 5) is 17.9. The average Bonchev–Trinajstić information content (AvgIpc) is 3.42. The van der Waals surface area contributed by atoms with Gasteiger partial charge in [-0.1, -0.05) is 55.6 Å². The Morgan fingerprint density at radius 3 is 2.50 bits per heavy atom. The smallest absolute Gasteiger partial charge is 0.290 e. The summed E-state index contributed by atoms with van der Waals surface area (Å²) in [6, 6.07) is 11.8. The van der Waals surface area contributed by atoms with Gasteiger partial charge in [-0.05, 0) is 56.5 Å². The summed E-state index contributed by atoms with van der Waals surface area (Å²) < 4.78 is 3.53. The molecule has 0 fully saturated rings. The summed E-state index contributed by atoms with van der Waals surface area (Å²) in [5, 5.41) is 14.9. The van der Waals surface area contributed by atoms with Crippen LogP contribution in [0.2, 0.25) is 5.15 Å². The summed E-state index contributed by atoms with van der Waals surface area (Å²) in [6.45, 7) is 8.64. The molecule has 4 aromatic rings. The molecule has 0 saturated carbocycles. The molecule has 34 heavy (non-hydrogen) atoms. The molecule has 0 radical (unpaired) electrons. The lowest BCUT2D eigenvalue weighted by molar-refractivity contribution is 0.380. The number of halogens is 1. The van der Waals surface area contributed by atoms with E-state index in [4.69, 9.17) is 11.6 Å². The summed E-state index contributed by atoms with van der Waals surface area (Å²) in [7, 11) is 0. The van der Waals surface area contributed by atoms with Gasteiger partial charge < -0.3 is 0 Å². The number of hydrogen-bond donors (Lipinski definition) is 1. The van der Waals surface area contributed by atoms with E-state index < -0.39 is 5.54 Å². The van der Waals surface area contributed by atoms with Crippen molar-refractivity contribution >= 4 is 11.6 Å². The normalized spacial score (nSPS) is 11.8. The fourth-order valence-corrected chi connectivity index (χ4v) is 4.65. The third-order valence-electron chi connectivity index (χ3n) is 5.83. The number of benzene rings is 1. The van der Waals surface area contributed by atoms with Gasteiger partial charge in [0.15, 0.2) is 0 Å². The molecule has 0 bridgehead atoms. The molecule has 0 aliphatic carbocycles. The van der Waals surface area contributed by atoms with E-state index in [0.29, 0.717) is 17.5 Å². The van der Waals surface area contributed by atoms with Crippen LogP contribution in [0.4, 0.5) is 0 Å². The number of unbranched alkanes of at least 4 members (excludes halogenated alkanes) is 2. The van der Waals surface area contributed by atoms with Gasteiger partial charge in [-0.2, -0.15) is 5.21 Å². The van der Waals surface area contributed by atoms with Gasteiger partial charge in [0.25, 0.3) is 0 Å². The second-order valence-corrected chi connectivity index (χ2v) is 9.76. The minimum atomic E-state index is -0.396. The first-order chi connectivity index (χ1) is 16.3. The van der Waals surface area contributed by atoms with Gasteiger partial charge in [0, 0.05) is 22.9 Å². The van der Waals surface area contributed by atoms with E-state index >= 15 is 0 Å². The fourth-order valence-electron chi connectivity index (χ4n) is 4.13. The van der Waals surface area contributed by atoms with Crippen molar-refractivity contribution < 1.29 is 0 Å². The van der Waals surface area contributed by atoms with Gasteiger partial charge >= 0.3 is 5.69 Å². The Labute approximate surface area is 204 Å². The Bertz CT molecular complexity index is 1300. The highest BCUT2D eigenvalue weighted by Gasteiger charge is 2.26. The maximum Gasteiger partial charge on any atom is 0.330 e. The third kappa shape index (κ3) is 4.82. The molecule has 0 saturated heterocycles. The summed E-state index contributed by atoms with van der Waals surface area (Å²) in [5.41, 5.74) is 3.96. The molecule has 178 valence electrons. The lowest BCUT2D eigenvalue weighted by Crippen LogP contribution is -2.35. The van der Waals surface area contributed by atoms with E-state index in [2.05, 4.69) is 32.5 Å². The van der Waals surface area contributed by atoms with Crippen molar-refractivity contribution in [3.63, 3.8) is 0 Å². The summed E-state index contributed by atoms with van der Waals surface area (Å²) in [6.07, 6.45) is 5.74. The molecular formula is C25H30ClN7O. The Balaban J connectivity index is 1.67. The fraction of sp³-hybridized carbons (Fsp3) is 0.400. The van der Waals surface area contributed by atoms with Crippen LogP contribution in [0.15, 0.2) is 47.4 Å². The Morgan fingerprint density at radius 1 is 1.09 bits per heavy atom. The second kappa shape index (κ2) is 9.93. The van der Waals surface area contributed by atoms with Crippen LogP contribution < -0.4 is 5.69 Å². The van der Waals surface area contributed by atoms with E-state index in [0.717, 1.165) is 53.8 Å². The first-order valence-corrected chi connectivity index (χ1v) is 12.0. The number of imidazole rings is 1. The molecule has 0 aliphatic heterocycles. The van der Waals surface area contributed by atoms with Crippen LogP contribution in [0.25, 0.3) is 22.6 Å². The van der Waals surface area contributed by atoms with E-state index in [-0.39, 0.29) is 5.69 Å². The number of tetrazole rings is 1. The molecule has 3 heterocycles. The molecular weight excluding hydrogens is 450 g/mol. The van der Waals surface area contributed by atoms with Crippen molar-refractivity contribution in [2.75, 3.05) is 0 Å². The maximum atomic E-state index is 13.4. The maximum absolute atomic E-state index is 13.4. The predicted molar refractivity (Wildman–Crippen MR) is 134 cm³/mol. The van der Waals surface area contributed by atoms with Crippen LogP contribution in [0, 0.1) is 0 Å². The SMILES string of the molecule is CCCCCc1c(Cl)n(C(C)(C)C)c(=O)n1Cc1ccc(-c2ncccc2-c2nn[nH]n2)cc1. The van der Waals surface area contributed by atoms with Crippen LogP contribution >= 0.6 is 11.6 Å². The topological polar surface area (TPSA) is 94.3 Å². The van der Waals surface area contributed by atoms with Gasteiger partial charge in [0.05, 0.1) is 17.9 Å². The van der Waals surface area contributed by atoms with E-state index in [1.165, 1.54) is 0 Å². The molecule has 4 rings (SSSR count). The average molecular weight is 480 g/mol. The number of pyridine rings is 1. The number of nitrogens with zero attached hydrogens (tertiary/aromatic N) is 6. The van der Waals surface area contributed by atoms with Crippen molar-refractivity contribution in [3.05, 3.63) is 69.5 Å². The molecule has 1 aromatic carbocycles. The monoisotopic (exact) mass is 479 g/mol. The second-order valence-electron chi connectivity index (χ2n) is 9.40. The third-order valence-corrected chi connectivity index (χ3v) is 6.22. The zero-order chi connectivity index (χ0) is 24.3. The van der Waals surface area contributed by atoms with E-state index in [1.807, 2.05) is 61.7 Å². The highest BCUT2D eigenvalue weighted by molar-refractivity contribution is 6.30. The van der Waals surface area contributed by atoms with Crippen LogP contribution in [-0.2, 0) is 18.5 Å². The van der Waals surface area contributed by atoms with Crippen molar-refractivity contribution in [2.45, 2.75) is 65.5 Å². The molecule has 0 unspecified atom stereocenters. The molecule has 3 aromatic heterocycles. The Morgan fingerprint density at radius 2 is 1.85 bits per heavy atom. The van der Waals surface area contributed by atoms with Gasteiger partial charge in [0.2, 0.25) is 5.82 Å². The first-order valence-electron chi connectivity index (χ1n) is 11.6. The van der Waals surface area contributed by atoms with Gasteiger partial charge in [-0.25, -0.2) is 4.79 Å². The van der Waals surface area contributed by atoms with Crippen molar-refractivity contribution in [3.8, 4) is 22.6 Å². The number of rotatable bonds is 8. The summed E-state index contributed by atoms with van der Waals surface area (Å²) >= 11 is 6.75. The zero-order valence-corrected chi connectivity index (χ0v) is 20.8. The van der Waals surface area contributed by atoms with Crippen molar-refractivity contribution in [1.29, 1.82) is 0 Å². The van der Waals surface area contributed by atoms with Crippen LogP contribution in [0.3, 0.4) is 0 Å². The number of nitrogens with one attached hydrogen (secondary N) is 1. The van der Waals surface area contributed by atoms with Gasteiger partial charge in [-0.15, -0.1) is 10.2 Å². The Kier molecular flexibility index (Phi) is 6.97. The molecule has 8 nitrogen and oxygen atoms in total. The first kappa shape index (κ1) is 23.9. The largest absolute Gasteiger partial charge is 0.330 e. The van der Waals surface area contributed by atoms with E-state index in [9.17, 15) is 4.79 Å². The number of hydrogen-bond acceptors (Lipinski definition) is 5. The van der Waals surface area contributed by atoms with Crippen molar-refractivity contribution in [1.82, 2.24) is 34.7 Å². The molecule has 0 atom stereocenters. The number of aromatic nitrogens is 7. The van der Waals surface area contributed by atoms with Crippen LogP contribution in [0.5, 0.6) is 0 Å². The van der Waals surface area contributed by atoms with Crippen LogP contribution in [0.1, 0.15) is 58.2 Å². The molecule has 1 N–H and O–H groups in total. The lowest BCUT2D eigenvalue weighted by atomic mass is 10.0. The summed E-state index contributed by atoms with van der Waals surface area (Å²) in [5.74, 6) is 0.494. The lowest BCUT2D eigenvalue weighted by Gasteiger charge is -2.20. The number of aromatic amines is 1. The molecule has 9 heteroatoms. The minimum Gasteiger partial charge on any atom is -0.290 e.